The summed E-state index contributed by atoms with van der Waals surface area (Å²) >= 11 is 0. The number of carboxylic acid groups (broad SMARTS) is 1. The number of aryl methyl sites for hydroxylation is 1. The number of carbonyl (C=O) groups is 2. The summed E-state index contributed by atoms with van der Waals surface area (Å²) in [6.07, 6.45) is 2.91. The van der Waals surface area contributed by atoms with Crippen molar-refractivity contribution in [2.24, 2.45) is 5.92 Å². The van der Waals surface area contributed by atoms with Crippen molar-refractivity contribution in [3.05, 3.63) is 35.4 Å². The second kappa shape index (κ2) is 7.66. The molecule has 1 aromatic carbocycles. The van der Waals surface area contributed by atoms with Crippen LogP contribution in [0.3, 0.4) is 0 Å². The number of benzene rings is 1. The van der Waals surface area contributed by atoms with E-state index in [2.05, 4.69) is 10.6 Å². The SMILES string of the molecule is O=C(O)CCc1ccc(C2CNC(=O)N2CCC2CCNC2)cc1. The molecular formula is C18H25N3O3. The molecule has 0 spiro atoms. The number of nitrogens with one attached hydrogen (secondary N) is 2. The first kappa shape index (κ1) is 16.8. The van der Waals surface area contributed by atoms with E-state index in [-0.39, 0.29) is 18.5 Å². The van der Waals surface area contributed by atoms with Crippen LogP contribution in [0.4, 0.5) is 4.79 Å². The first-order chi connectivity index (χ1) is 11.6. The highest BCUT2D eigenvalue weighted by atomic mass is 16.4. The van der Waals surface area contributed by atoms with E-state index in [1.54, 1.807) is 0 Å². The van der Waals surface area contributed by atoms with Crippen LogP contribution in [0.2, 0.25) is 0 Å². The molecule has 24 heavy (non-hydrogen) atoms. The van der Waals surface area contributed by atoms with Gasteiger partial charge in [-0.1, -0.05) is 24.3 Å². The van der Waals surface area contributed by atoms with E-state index in [0.29, 0.717) is 18.9 Å². The maximum Gasteiger partial charge on any atom is 0.318 e. The zero-order chi connectivity index (χ0) is 16.9. The minimum absolute atomic E-state index is 0.0147. The van der Waals surface area contributed by atoms with Crippen molar-refractivity contribution in [2.45, 2.75) is 31.7 Å². The van der Waals surface area contributed by atoms with Crippen LogP contribution in [0.1, 0.15) is 36.4 Å². The Hall–Kier alpha value is -2.08. The Kier molecular flexibility index (Phi) is 5.35. The number of hydrogen-bond donors (Lipinski definition) is 3. The third kappa shape index (κ3) is 4.06. The number of urea groups is 1. The zero-order valence-corrected chi connectivity index (χ0v) is 13.8. The van der Waals surface area contributed by atoms with Gasteiger partial charge in [-0.05, 0) is 49.4 Å². The van der Waals surface area contributed by atoms with Crippen molar-refractivity contribution in [3.63, 3.8) is 0 Å². The molecule has 1 aromatic rings. The van der Waals surface area contributed by atoms with Crippen LogP contribution >= 0.6 is 0 Å². The number of rotatable bonds is 7. The first-order valence-electron chi connectivity index (χ1n) is 8.69. The lowest BCUT2D eigenvalue weighted by atomic mass is 10.0. The van der Waals surface area contributed by atoms with Gasteiger partial charge in [-0.2, -0.15) is 0 Å². The second-order valence-electron chi connectivity index (χ2n) is 6.68. The van der Waals surface area contributed by atoms with Crippen LogP contribution in [-0.4, -0.2) is 48.2 Å². The Morgan fingerprint density at radius 1 is 1.25 bits per heavy atom. The Morgan fingerprint density at radius 2 is 2.04 bits per heavy atom. The lowest BCUT2D eigenvalue weighted by molar-refractivity contribution is -0.136. The third-order valence-corrected chi connectivity index (χ3v) is 5.02. The maximum atomic E-state index is 12.1. The molecule has 3 N–H and O–H groups in total. The van der Waals surface area contributed by atoms with Gasteiger partial charge in [-0.25, -0.2) is 4.79 Å². The van der Waals surface area contributed by atoms with Crippen LogP contribution in [0.5, 0.6) is 0 Å². The second-order valence-corrected chi connectivity index (χ2v) is 6.68. The fraction of sp³-hybridized carbons (Fsp3) is 0.556. The highest BCUT2D eigenvalue weighted by Gasteiger charge is 2.32. The molecular weight excluding hydrogens is 306 g/mol. The topological polar surface area (TPSA) is 81.7 Å². The Bertz CT molecular complexity index is 582. The van der Waals surface area contributed by atoms with Crippen LogP contribution in [0, 0.1) is 5.92 Å². The molecule has 3 rings (SSSR count). The van der Waals surface area contributed by atoms with Gasteiger partial charge in [0.1, 0.15) is 0 Å². The van der Waals surface area contributed by atoms with E-state index in [4.69, 9.17) is 5.11 Å². The van der Waals surface area contributed by atoms with E-state index in [0.717, 1.165) is 37.2 Å². The van der Waals surface area contributed by atoms with Crippen molar-refractivity contribution in [3.8, 4) is 0 Å². The van der Waals surface area contributed by atoms with Gasteiger partial charge in [-0.15, -0.1) is 0 Å². The molecule has 0 radical (unpaired) electrons. The minimum Gasteiger partial charge on any atom is -0.481 e. The molecule has 6 heteroatoms. The van der Waals surface area contributed by atoms with Crippen molar-refractivity contribution >= 4 is 12.0 Å². The molecule has 0 bridgehead atoms. The molecule has 130 valence electrons. The van der Waals surface area contributed by atoms with Gasteiger partial charge in [0, 0.05) is 19.5 Å². The van der Waals surface area contributed by atoms with E-state index in [1.165, 1.54) is 6.42 Å². The monoisotopic (exact) mass is 331 g/mol. The van der Waals surface area contributed by atoms with Crippen LogP contribution < -0.4 is 10.6 Å². The molecule has 2 aliphatic rings. The van der Waals surface area contributed by atoms with Gasteiger partial charge in [0.05, 0.1) is 6.04 Å². The molecule has 0 aromatic heterocycles. The van der Waals surface area contributed by atoms with Crippen molar-refractivity contribution in [1.29, 1.82) is 0 Å². The smallest absolute Gasteiger partial charge is 0.318 e. The van der Waals surface area contributed by atoms with Gasteiger partial charge >= 0.3 is 12.0 Å². The summed E-state index contributed by atoms with van der Waals surface area (Å²) in [5.41, 5.74) is 2.12. The average Bonchev–Trinajstić information content (AvgIpc) is 3.21. The van der Waals surface area contributed by atoms with Crippen LogP contribution in [-0.2, 0) is 11.2 Å². The van der Waals surface area contributed by atoms with Crippen LogP contribution in [0.25, 0.3) is 0 Å². The lowest BCUT2D eigenvalue weighted by Crippen LogP contribution is -2.32. The lowest BCUT2D eigenvalue weighted by Gasteiger charge is -2.24. The fourth-order valence-electron chi connectivity index (χ4n) is 3.53. The van der Waals surface area contributed by atoms with Crippen molar-refractivity contribution in [1.82, 2.24) is 15.5 Å². The molecule has 2 amide bonds. The molecule has 0 saturated carbocycles. The molecule has 2 heterocycles. The summed E-state index contributed by atoms with van der Waals surface area (Å²) in [5.74, 6) is -0.116. The summed E-state index contributed by atoms with van der Waals surface area (Å²) in [5, 5.41) is 15.1. The van der Waals surface area contributed by atoms with E-state index in [9.17, 15) is 9.59 Å². The van der Waals surface area contributed by atoms with Gasteiger partial charge in [0.2, 0.25) is 0 Å². The zero-order valence-electron chi connectivity index (χ0n) is 13.8. The molecule has 0 aliphatic carbocycles. The summed E-state index contributed by atoms with van der Waals surface area (Å²) in [6.45, 7) is 3.55. The number of carboxylic acids is 1. The molecule has 2 unspecified atom stereocenters. The predicted octanol–water partition coefficient (Wildman–Crippen LogP) is 1.77. The largest absolute Gasteiger partial charge is 0.481 e. The van der Waals surface area contributed by atoms with E-state index >= 15 is 0 Å². The molecule has 2 atom stereocenters. The van der Waals surface area contributed by atoms with Crippen molar-refractivity contribution < 1.29 is 14.7 Å². The van der Waals surface area contributed by atoms with Crippen molar-refractivity contribution in [2.75, 3.05) is 26.2 Å². The summed E-state index contributed by atoms with van der Waals surface area (Å²) < 4.78 is 0. The fourth-order valence-corrected chi connectivity index (χ4v) is 3.53. The third-order valence-electron chi connectivity index (χ3n) is 5.02. The highest BCUT2D eigenvalue weighted by molar-refractivity contribution is 5.77. The summed E-state index contributed by atoms with van der Waals surface area (Å²) in [6, 6.07) is 8.07. The minimum atomic E-state index is -0.780. The summed E-state index contributed by atoms with van der Waals surface area (Å²) in [4.78, 5) is 24.7. The van der Waals surface area contributed by atoms with Crippen LogP contribution in [0.15, 0.2) is 24.3 Å². The van der Waals surface area contributed by atoms with Gasteiger partial charge in [0.25, 0.3) is 0 Å². The normalized spacial score (nSPS) is 23.5. The van der Waals surface area contributed by atoms with Gasteiger partial charge in [0.15, 0.2) is 0 Å². The number of hydrogen-bond acceptors (Lipinski definition) is 3. The Labute approximate surface area is 142 Å². The Morgan fingerprint density at radius 3 is 2.71 bits per heavy atom. The quantitative estimate of drug-likeness (QED) is 0.711. The number of aliphatic carboxylic acids is 1. The molecule has 6 nitrogen and oxygen atoms in total. The highest BCUT2D eigenvalue weighted by Crippen LogP contribution is 2.26. The summed E-state index contributed by atoms with van der Waals surface area (Å²) in [7, 11) is 0. The molecule has 2 fully saturated rings. The number of carbonyl (C=O) groups excluding carboxylic acids is 1. The first-order valence-corrected chi connectivity index (χ1v) is 8.69. The number of nitrogens with zero attached hydrogens (tertiary/aromatic N) is 1. The van der Waals surface area contributed by atoms with E-state index < -0.39 is 5.97 Å². The number of amides is 2. The van der Waals surface area contributed by atoms with Gasteiger partial charge in [-0.3, -0.25) is 4.79 Å². The average molecular weight is 331 g/mol. The molecule has 2 aliphatic heterocycles. The standard InChI is InChI=1S/C18H25N3O3/c22-17(23)6-3-13-1-4-15(5-2-13)16-12-20-18(24)21(16)10-8-14-7-9-19-11-14/h1-2,4-5,14,16,19H,3,6-12H2,(H,20,24)(H,22,23). The maximum absolute atomic E-state index is 12.1. The Balaban J connectivity index is 1.60. The predicted molar refractivity (Wildman–Crippen MR) is 90.8 cm³/mol. The molecule has 2 saturated heterocycles. The van der Waals surface area contributed by atoms with E-state index in [1.807, 2.05) is 29.2 Å². The van der Waals surface area contributed by atoms with Gasteiger partial charge < -0.3 is 20.6 Å².